The van der Waals surface area contributed by atoms with E-state index in [0.29, 0.717) is 23.1 Å². The van der Waals surface area contributed by atoms with Gasteiger partial charge in [0.05, 0.1) is 17.6 Å². The van der Waals surface area contributed by atoms with E-state index in [-0.39, 0.29) is 5.91 Å². The topological polar surface area (TPSA) is 112 Å². The summed E-state index contributed by atoms with van der Waals surface area (Å²) in [6.45, 7) is 0.359. The predicted molar refractivity (Wildman–Crippen MR) is 94.1 cm³/mol. The number of amides is 1. The molecule has 3 aromatic rings. The van der Waals surface area contributed by atoms with Crippen LogP contribution in [0.1, 0.15) is 40.2 Å². The third kappa shape index (κ3) is 2.83. The first-order valence-corrected chi connectivity index (χ1v) is 8.51. The molecule has 4 rings (SSSR count). The van der Waals surface area contributed by atoms with E-state index in [0.717, 1.165) is 42.7 Å². The van der Waals surface area contributed by atoms with Crippen LogP contribution in [-0.4, -0.2) is 33.0 Å². The average molecular weight is 354 g/mol. The number of nitrogens with one attached hydrogen (secondary N) is 2. The molecule has 2 N–H and O–H groups in total. The Morgan fingerprint density at radius 2 is 1.88 bits per heavy atom. The van der Waals surface area contributed by atoms with Crippen molar-refractivity contribution >= 4 is 16.9 Å². The lowest BCUT2D eigenvalue weighted by molar-refractivity contribution is 0.0782. The minimum atomic E-state index is -0.746. The van der Waals surface area contributed by atoms with Crippen LogP contribution in [0.4, 0.5) is 0 Å². The molecule has 1 aromatic carbocycles. The smallest absolute Gasteiger partial charge is 0.314 e. The molecule has 0 unspecified atom stereocenters. The van der Waals surface area contributed by atoms with Crippen molar-refractivity contribution in [3.8, 4) is 0 Å². The maximum absolute atomic E-state index is 12.7. The third-order valence-corrected chi connectivity index (χ3v) is 4.73. The summed E-state index contributed by atoms with van der Waals surface area (Å²) in [5.74, 6) is 0.728. The van der Waals surface area contributed by atoms with Gasteiger partial charge in [0.1, 0.15) is 11.5 Å². The number of fused-ring (bicyclic) bond motifs is 2. The number of aromatic amines is 2. The van der Waals surface area contributed by atoms with Gasteiger partial charge in [-0.1, -0.05) is 5.16 Å². The molecule has 1 amide bonds. The van der Waals surface area contributed by atoms with Gasteiger partial charge in [-0.15, -0.1) is 0 Å². The fourth-order valence-corrected chi connectivity index (χ4v) is 3.34. The van der Waals surface area contributed by atoms with Crippen LogP contribution in [0.25, 0.3) is 11.0 Å². The normalized spacial score (nSPS) is 13.6. The summed E-state index contributed by atoms with van der Waals surface area (Å²) in [6.07, 6.45) is 4.04. The minimum Gasteiger partial charge on any atom is -0.361 e. The Bertz CT molecular complexity index is 1110. The largest absolute Gasteiger partial charge is 0.361 e. The number of H-pyrrole nitrogens is 2. The van der Waals surface area contributed by atoms with E-state index in [2.05, 4.69) is 15.1 Å². The van der Waals surface area contributed by atoms with E-state index in [1.807, 2.05) is 0 Å². The predicted octanol–water partition coefficient (Wildman–Crippen LogP) is 1.36. The molecule has 1 aliphatic rings. The van der Waals surface area contributed by atoms with E-state index in [4.69, 9.17) is 4.52 Å². The first-order chi connectivity index (χ1) is 12.5. The molecule has 8 nitrogen and oxygen atoms in total. The van der Waals surface area contributed by atoms with Crippen LogP contribution in [0.5, 0.6) is 0 Å². The molecule has 0 bridgehead atoms. The third-order valence-electron chi connectivity index (χ3n) is 4.73. The van der Waals surface area contributed by atoms with Crippen molar-refractivity contribution in [2.24, 2.45) is 0 Å². The van der Waals surface area contributed by atoms with Crippen molar-refractivity contribution in [1.82, 2.24) is 20.0 Å². The van der Waals surface area contributed by atoms with E-state index >= 15 is 0 Å². The van der Waals surface area contributed by atoms with E-state index in [1.165, 1.54) is 0 Å². The fourth-order valence-electron chi connectivity index (χ4n) is 3.34. The number of aromatic nitrogens is 3. The second-order valence-electron chi connectivity index (χ2n) is 6.57. The van der Waals surface area contributed by atoms with Crippen molar-refractivity contribution in [2.75, 3.05) is 7.05 Å². The zero-order valence-electron chi connectivity index (χ0n) is 14.3. The Hall–Kier alpha value is -3.16. The van der Waals surface area contributed by atoms with Crippen molar-refractivity contribution in [3.05, 3.63) is 61.5 Å². The molecule has 26 heavy (non-hydrogen) atoms. The van der Waals surface area contributed by atoms with Gasteiger partial charge in [0.15, 0.2) is 0 Å². The molecule has 0 radical (unpaired) electrons. The van der Waals surface area contributed by atoms with Gasteiger partial charge >= 0.3 is 11.1 Å². The zero-order chi connectivity index (χ0) is 18.3. The molecule has 2 heterocycles. The van der Waals surface area contributed by atoms with Gasteiger partial charge in [0.2, 0.25) is 0 Å². The quantitative estimate of drug-likeness (QED) is 0.690. The van der Waals surface area contributed by atoms with Crippen LogP contribution in [0.15, 0.2) is 32.3 Å². The highest BCUT2D eigenvalue weighted by atomic mass is 16.5. The molecule has 0 fully saturated rings. The molecular weight excluding hydrogens is 336 g/mol. The molecular formula is C18H18N4O4. The lowest BCUT2D eigenvalue weighted by Crippen LogP contribution is -2.29. The number of carbonyl (C=O) groups excluding carboxylic acids is 1. The number of hydrogen-bond donors (Lipinski definition) is 2. The number of nitrogens with zero attached hydrogens (tertiary/aromatic N) is 2. The molecule has 0 saturated heterocycles. The average Bonchev–Trinajstić information content (AvgIpc) is 3.05. The van der Waals surface area contributed by atoms with E-state index in [9.17, 15) is 14.4 Å². The van der Waals surface area contributed by atoms with Crippen molar-refractivity contribution < 1.29 is 9.32 Å². The summed E-state index contributed by atoms with van der Waals surface area (Å²) in [4.78, 5) is 42.1. The Labute approximate surface area is 147 Å². The first-order valence-electron chi connectivity index (χ1n) is 8.51. The van der Waals surface area contributed by atoms with Gasteiger partial charge < -0.3 is 19.4 Å². The van der Waals surface area contributed by atoms with Crippen LogP contribution in [0, 0.1) is 0 Å². The number of aryl methyl sites for hydroxylation is 1. The monoisotopic (exact) mass is 354 g/mol. The highest BCUT2D eigenvalue weighted by Gasteiger charge is 2.22. The molecule has 0 saturated carbocycles. The number of carbonyl (C=O) groups is 1. The molecule has 134 valence electrons. The molecule has 8 heteroatoms. The Morgan fingerprint density at radius 3 is 2.69 bits per heavy atom. The van der Waals surface area contributed by atoms with Crippen molar-refractivity contribution in [1.29, 1.82) is 0 Å². The highest BCUT2D eigenvalue weighted by Crippen LogP contribution is 2.25. The summed E-state index contributed by atoms with van der Waals surface area (Å²) >= 11 is 0. The first kappa shape index (κ1) is 16.3. The van der Waals surface area contributed by atoms with Crippen LogP contribution < -0.4 is 11.1 Å². The van der Waals surface area contributed by atoms with Gasteiger partial charge in [0, 0.05) is 24.6 Å². The van der Waals surface area contributed by atoms with Gasteiger partial charge in [-0.05, 0) is 37.5 Å². The maximum Gasteiger partial charge on any atom is 0.314 e. The lowest BCUT2D eigenvalue weighted by atomic mass is 9.96. The summed E-state index contributed by atoms with van der Waals surface area (Å²) in [5, 5.41) is 4.13. The van der Waals surface area contributed by atoms with Gasteiger partial charge in [-0.25, -0.2) is 0 Å². The molecule has 2 aromatic heterocycles. The van der Waals surface area contributed by atoms with Crippen molar-refractivity contribution in [2.45, 2.75) is 32.2 Å². The van der Waals surface area contributed by atoms with Crippen molar-refractivity contribution in [3.63, 3.8) is 0 Å². The zero-order valence-corrected chi connectivity index (χ0v) is 14.3. The summed E-state index contributed by atoms with van der Waals surface area (Å²) < 4.78 is 5.39. The number of benzene rings is 1. The van der Waals surface area contributed by atoms with E-state index in [1.54, 1.807) is 30.1 Å². The van der Waals surface area contributed by atoms with Gasteiger partial charge in [-0.3, -0.25) is 14.4 Å². The Balaban J connectivity index is 1.59. The Morgan fingerprint density at radius 1 is 1.15 bits per heavy atom. The molecule has 1 aliphatic carbocycles. The van der Waals surface area contributed by atoms with Gasteiger partial charge in [0.25, 0.3) is 5.91 Å². The summed E-state index contributed by atoms with van der Waals surface area (Å²) in [5.41, 5.74) is 1.76. The van der Waals surface area contributed by atoms with Crippen LogP contribution in [-0.2, 0) is 19.4 Å². The fraction of sp³-hybridized carbons (Fsp3) is 0.333. The van der Waals surface area contributed by atoms with E-state index < -0.39 is 11.1 Å². The molecule has 0 spiro atoms. The van der Waals surface area contributed by atoms with Crippen LogP contribution in [0.3, 0.4) is 0 Å². The maximum atomic E-state index is 12.7. The Kier molecular flexibility index (Phi) is 3.95. The molecule has 0 atom stereocenters. The second-order valence-corrected chi connectivity index (χ2v) is 6.57. The number of rotatable bonds is 3. The highest BCUT2D eigenvalue weighted by molar-refractivity contribution is 5.97. The standard InChI is InChI=1S/C18H18N4O4/c1-22(9-14-11-4-2-3-5-15(11)26-21-14)18(25)10-6-7-12-13(8-10)20-17(24)16(23)19-12/h6-8H,2-5,9H2,1H3,(H,19,23)(H,20,24). The molecule has 0 aliphatic heterocycles. The van der Waals surface area contributed by atoms with Crippen LogP contribution >= 0.6 is 0 Å². The lowest BCUT2D eigenvalue weighted by Gasteiger charge is -2.17. The second kappa shape index (κ2) is 6.29. The number of hydrogen-bond acceptors (Lipinski definition) is 5. The summed E-state index contributed by atoms with van der Waals surface area (Å²) in [7, 11) is 1.70. The van der Waals surface area contributed by atoms with Crippen LogP contribution in [0.2, 0.25) is 0 Å². The van der Waals surface area contributed by atoms with Gasteiger partial charge in [-0.2, -0.15) is 0 Å². The SMILES string of the molecule is CN(Cc1noc2c1CCCC2)C(=O)c1ccc2[nH]c(=O)c(=O)[nH]c2c1. The summed E-state index contributed by atoms with van der Waals surface area (Å²) in [6, 6.07) is 4.78. The minimum absolute atomic E-state index is 0.202.